The van der Waals surface area contributed by atoms with Crippen LogP contribution in [0.5, 0.6) is 5.75 Å². The van der Waals surface area contributed by atoms with Crippen LogP contribution in [0.3, 0.4) is 0 Å². The first-order chi connectivity index (χ1) is 20.6. The van der Waals surface area contributed by atoms with Gasteiger partial charge in [0.05, 0.1) is 15.8 Å². The Labute approximate surface area is 265 Å². The van der Waals surface area contributed by atoms with Crippen molar-refractivity contribution in [1.82, 2.24) is 0 Å². The molecule has 43 heavy (non-hydrogen) atoms. The van der Waals surface area contributed by atoms with Gasteiger partial charge in [-0.15, -0.1) is 0 Å². The monoisotopic (exact) mass is 701 g/mol. The van der Waals surface area contributed by atoms with E-state index >= 15 is 0 Å². The molecule has 0 aliphatic carbocycles. The second kappa shape index (κ2) is 12.8. The molecule has 0 radical (unpaired) electrons. The van der Waals surface area contributed by atoms with Gasteiger partial charge >= 0.3 is 6.03 Å². The van der Waals surface area contributed by atoms with Gasteiger partial charge in [-0.3, -0.25) is 14.4 Å². The van der Waals surface area contributed by atoms with Crippen molar-refractivity contribution in [3.8, 4) is 5.75 Å². The quantitative estimate of drug-likeness (QED) is 0.160. The summed E-state index contributed by atoms with van der Waals surface area (Å²) in [5.41, 5.74) is 3.49. The Bertz CT molecular complexity index is 1710. The highest BCUT2D eigenvalue weighted by Crippen LogP contribution is 2.36. The van der Waals surface area contributed by atoms with Crippen molar-refractivity contribution in [3.05, 3.63) is 122 Å². The van der Waals surface area contributed by atoms with Crippen LogP contribution >= 0.6 is 31.9 Å². The topological polar surface area (TPSA) is 96.0 Å². The van der Waals surface area contributed by atoms with E-state index in [4.69, 9.17) is 4.74 Å². The summed E-state index contributed by atoms with van der Waals surface area (Å²) < 4.78 is 7.04. The third-order valence-corrected chi connectivity index (χ3v) is 7.80. The summed E-state index contributed by atoms with van der Waals surface area (Å²) in [6.07, 6.45) is 1.37. The molecule has 0 saturated carbocycles. The summed E-state index contributed by atoms with van der Waals surface area (Å²) in [6, 6.07) is 25.0. The zero-order chi connectivity index (χ0) is 30.7. The Kier molecular flexibility index (Phi) is 8.89. The summed E-state index contributed by atoms with van der Waals surface area (Å²) in [6.45, 7) is 3.61. The molecule has 5 amide bonds. The van der Waals surface area contributed by atoms with Gasteiger partial charge in [-0.25, -0.2) is 14.6 Å². The molecule has 4 aromatic rings. The maximum Gasteiger partial charge on any atom is 0.343 e. The fourth-order valence-electron chi connectivity index (χ4n) is 4.49. The van der Waals surface area contributed by atoms with Crippen LogP contribution in [-0.4, -0.2) is 30.4 Å². The lowest BCUT2D eigenvalue weighted by Crippen LogP contribution is -2.57. The summed E-state index contributed by atoms with van der Waals surface area (Å²) in [4.78, 5) is 55.9. The maximum absolute atomic E-state index is 13.8. The molecule has 8 nitrogen and oxygen atoms in total. The Hall–Kier alpha value is -4.54. The summed E-state index contributed by atoms with van der Waals surface area (Å²) in [5, 5.41) is 2.82. The zero-order valence-electron chi connectivity index (χ0n) is 23.1. The fraction of sp³-hybridized carbons (Fsp3) is 0.0909. The number of nitrogens with one attached hydrogen (secondary N) is 1. The van der Waals surface area contributed by atoms with Gasteiger partial charge in [0.2, 0.25) is 0 Å². The van der Waals surface area contributed by atoms with Crippen LogP contribution in [0.15, 0.2) is 106 Å². The van der Waals surface area contributed by atoms with Gasteiger partial charge in [-0.1, -0.05) is 58.4 Å². The molecule has 4 aromatic carbocycles. The van der Waals surface area contributed by atoms with Crippen LogP contribution in [0.1, 0.15) is 16.7 Å². The predicted molar refractivity (Wildman–Crippen MR) is 173 cm³/mol. The van der Waals surface area contributed by atoms with E-state index in [0.717, 1.165) is 20.9 Å². The van der Waals surface area contributed by atoms with Crippen molar-refractivity contribution in [2.45, 2.75) is 13.8 Å². The minimum atomic E-state index is -0.792. The van der Waals surface area contributed by atoms with Crippen LogP contribution in [-0.2, 0) is 14.4 Å². The lowest BCUT2D eigenvalue weighted by Gasteiger charge is -2.34. The second-order valence-corrected chi connectivity index (χ2v) is 11.5. The number of amides is 5. The van der Waals surface area contributed by atoms with Gasteiger partial charge in [0.15, 0.2) is 6.61 Å². The average Bonchev–Trinajstić information content (AvgIpc) is 2.98. The van der Waals surface area contributed by atoms with Crippen molar-refractivity contribution in [2.75, 3.05) is 21.7 Å². The number of urea groups is 1. The maximum atomic E-state index is 13.8. The molecule has 1 heterocycles. The van der Waals surface area contributed by atoms with Crippen LogP contribution in [0, 0.1) is 13.8 Å². The zero-order valence-corrected chi connectivity index (χ0v) is 26.3. The van der Waals surface area contributed by atoms with Crippen LogP contribution in [0.4, 0.5) is 21.9 Å². The molecule has 5 rings (SSSR count). The van der Waals surface area contributed by atoms with Crippen molar-refractivity contribution in [3.63, 3.8) is 0 Å². The number of ether oxygens (including phenoxy) is 1. The largest absolute Gasteiger partial charge is 0.482 e. The first-order valence-corrected chi connectivity index (χ1v) is 14.8. The number of carbonyl (C=O) groups excluding carboxylic acids is 4. The predicted octanol–water partition coefficient (Wildman–Crippen LogP) is 7.43. The number of para-hydroxylation sites is 2. The smallest absolute Gasteiger partial charge is 0.343 e. The Morgan fingerprint density at radius 3 is 1.93 bits per heavy atom. The van der Waals surface area contributed by atoms with Crippen molar-refractivity contribution in [1.29, 1.82) is 0 Å². The molecule has 1 N–H and O–H groups in total. The molecule has 1 aliphatic rings. The molecular formula is C33H25Br2N3O5. The van der Waals surface area contributed by atoms with E-state index in [1.165, 1.54) is 6.08 Å². The highest BCUT2D eigenvalue weighted by molar-refractivity contribution is 9.11. The Morgan fingerprint density at radius 2 is 1.37 bits per heavy atom. The van der Waals surface area contributed by atoms with Gasteiger partial charge in [0.25, 0.3) is 17.7 Å². The Balaban J connectivity index is 1.51. The molecule has 10 heteroatoms. The average molecular weight is 703 g/mol. The molecule has 0 unspecified atom stereocenters. The highest BCUT2D eigenvalue weighted by Gasteiger charge is 2.43. The summed E-state index contributed by atoms with van der Waals surface area (Å²) in [7, 11) is 0. The number of barbiturate groups is 1. The first kappa shape index (κ1) is 29.9. The van der Waals surface area contributed by atoms with Crippen molar-refractivity contribution >= 4 is 78.8 Å². The highest BCUT2D eigenvalue weighted by atomic mass is 79.9. The number of imide groups is 2. The molecule has 0 aromatic heterocycles. The normalized spacial score (nSPS) is 13.3. The number of aryl methyl sites for hydroxylation is 2. The Morgan fingerprint density at radius 1 is 0.791 bits per heavy atom. The van der Waals surface area contributed by atoms with Crippen molar-refractivity contribution in [2.24, 2.45) is 0 Å². The van der Waals surface area contributed by atoms with Crippen LogP contribution < -0.4 is 19.9 Å². The molecular weight excluding hydrogens is 678 g/mol. The van der Waals surface area contributed by atoms with Gasteiger partial charge < -0.3 is 10.1 Å². The number of anilines is 3. The first-order valence-electron chi connectivity index (χ1n) is 13.2. The van der Waals surface area contributed by atoms with E-state index in [2.05, 4.69) is 37.2 Å². The number of rotatable bonds is 7. The van der Waals surface area contributed by atoms with E-state index in [1.807, 2.05) is 32.0 Å². The number of benzene rings is 4. The number of carbonyl (C=O) groups is 4. The van der Waals surface area contributed by atoms with E-state index in [0.29, 0.717) is 31.6 Å². The number of nitrogens with zero attached hydrogens (tertiary/aromatic N) is 2. The molecule has 1 aliphatic heterocycles. The van der Waals surface area contributed by atoms with Crippen molar-refractivity contribution < 1.29 is 23.9 Å². The third-order valence-electron chi connectivity index (χ3n) is 6.75. The van der Waals surface area contributed by atoms with E-state index < -0.39 is 23.8 Å². The third kappa shape index (κ3) is 6.45. The summed E-state index contributed by atoms with van der Waals surface area (Å²) in [5.74, 6) is -1.73. The molecule has 1 fully saturated rings. The number of halogens is 2. The minimum absolute atomic E-state index is 0.237. The van der Waals surface area contributed by atoms with Crippen LogP contribution in [0.25, 0.3) is 6.08 Å². The molecule has 0 atom stereocenters. The van der Waals surface area contributed by atoms with Gasteiger partial charge in [-0.2, -0.15) is 0 Å². The van der Waals surface area contributed by atoms with E-state index in [1.54, 1.807) is 72.8 Å². The number of hydrogen-bond acceptors (Lipinski definition) is 5. The molecule has 0 spiro atoms. The van der Waals surface area contributed by atoms with Gasteiger partial charge in [-0.05, 0) is 95.5 Å². The van der Waals surface area contributed by atoms with Gasteiger partial charge in [0, 0.05) is 15.7 Å². The number of hydrogen-bond donors (Lipinski definition) is 1. The summed E-state index contributed by atoms with van der Waals surface area (Å²) >= 11 is 6.92. The molecule has 0 bridgehead atoms. The minimum Gasteiger partial charge on any atom is -0.482 e. The van der Waals surface area contributed by atoms with E-state index in [-0.39, 0.29) is 17.9 Å². The molecule has 1 saturated heterocycles. The van der Waals surface area contributed by atoms with Crippen LogP contribution in [0.2, 0.25) is 0 Å². The standard InChI is InChI=1S/C33H25Br2N3O5/c1-20-13-14-24(15-21(20)2)36-29(39)19-43-30-22(16-23(34)18-28(30)35)17-27-31(40)37(25-9-5-3-6-10-25)33(42)38(32(27)41)26-11-7-4-8-12-26/h3-18H,19H2,1-2H3,(H,36,39). The SMILES string of the molecule is Cc1ccc(NC(=O)COc2c(Br)cc(Br)cc2C=C2C(=O)N(c3ccccc3)C(=O)N(c3ccccc3)C2=O)cc1C. The van der Waals surface area contributed by atoms with Gasteiger partial charge in [0.1, 0.15) is 11.3 Å². The second-order valence-electron chi connectivity index (χ2n) is 9.73. The molecule has 216 valence electrons. The lowest BCUT2D eigenvalue weighted by atomic mass is 10.0. The van der Waals surface area contributed by atoms with E-state index in [9.17, 15) is 19.2 Å². The fourth-order valence-corrected chi connectivity index (χ4v) is 5.86. The lowest BCUT2D eigenvalue weighted by molar-refractivity contribution is -0.121.